The molecular weight excluding hydrogens is 446 g/mol. The van der Waals surface area contributed by atoms with Crippen molar-refractivity contribution in [1.29, 1.82) is 0 Å². The van der Waals surface area contributed by atoms with Gasteiger partial charge in [-0.15, -0.1) is 0 Å². The lowest BCUT2D eigenvalue weighted by atomic mass is 10.2. The van der Waals surface area contributed by atoms with Crippen molar-refractivity contribution in [1.82, 2.24) is 0 Å². The molecule has 33 heavy (non-hydrogen) atoms. The maximum Gasteiger partial charge on any atom is 0.338 e. The van der Waals surface area contributed by atoms with E-state index in [0.717, 1.165) is 4.31 Å². The molecule has 3 aromatic carbocycles. The van der Waals surface area contributed by atoms with Crippen LogP contribution in [0.5, 0.6) is 17.2 Å². The number of benzene rings is 3. The molecule has 0 heterocycles. The Hall–Kier alpha value is -3.72. The van der Waals surface area contributed by atoms with Gasteiger partial charge < -0.3 is 18.9 Å². The van der Waals surface area contributed by atoms with Gasteiger partial charge >= 0.3 is 5.97 Å². The van der Waals surface area contributed by atoms with Crippen molar-refractivity contribution in [3.05, 3.63) is 78.4 Å². The number of esters is 1. The van der Waals surface area contributed by atoms with E-state index in [1.807, 2.05) is 0 Å². The van der Waals surface area contributed by atoms with Crippen LogP contribution in [-0.4, -0.2) is 48.9 Å². The van der Waals surface area contributed by atoms with E-state index >= 15 is 0 Å². The number of carbonyl (C=O) groups is 1. The number of sulfonamides is 1. The number of hydrogen-bond acceptors (Lipinski definition) is 7. The Morgan fingerprint density at radius 3 is 2.00 bits per heavy atom. The second kappa shape index (κ2) is 10.7. The lowest BCUT2D eigenvalue weighted by molar-refractivity contribution is 0.0450. The fourth-order valence-corrected chi connectivity index (χ4v) is 4.16. The van der Waals surface area contributed by atoms with Crippen molar-refractivity contribution in [2.24, 2.45) is 0 Å². The van der Waals surface area contributed by atoms with Crippen molar-refractivity contribution in [2.75, 3.05) is 38.8 Å². The van der Waals surface area contributed by atoms with E-state index in [1.54, 1.807) is 55.6 Å². The summed E-state index contributed by atoms with van der Waals surface area (Å²) in [6.45, 7) is 0.157. The highest BCUT2D eigenvalue weighted by Gasteiger charge is 2.23. The Morgan fingerprint density at radius 1 is 0.818 bits per heavy atom. The Balaban J connectivity index is 1.61. The minimum absolute atomic E-state index is 0.00753. The standard InChI is InChI=1S/C24H25NO7S/c1-25(19-7-9-20(29-2)10-8-19)33(27,28)23-6-4-5-18(17-23)24(26)32-16-15-31-22-13-11-21(30-3)12-14-22/h4-14,17H,15-16H2,1-3H3. The molecule has 0 bridgehead atoms. The Kier molecular flexibility index (Phi) is 7.78. The SMILES string of the molecule is COc1ccc(OCCOC(=O)c2cccc(S(=O)(=O)N(C)c3ccc(OC)cc3)c2)cc1. The van der Waals surface area contributed by atoms with Crippen LogP contribution in [0.25, 0.3) is 0 Å². The largest absolute Gasteiger partial charge is 0.497 e. The minimum atomic E-state index is -3.88. The van der Waals surface area contributed by atoms with Crippen molar-refractivity contribution in [3.63, 3.8) is 0 Å². The van der Waals surface area contributed by atoms with Crippen molar-refractivity contribution >= 4 is 21.7 Å². The minimum Gasteiger partial charge on any atom is -0.497 e. The fraction of sp³-hybridized carbons (Fsp3) is 0.208. The summed E-state index contributed by atoms with van der Waals surface area (Å²) in [6, 6.07) is 19.3. The molecule has 0 saturated heterocycles. The predicted molar refractivity (Wildman–Crippen MR) is 124 cm³/mol. The molecule has 0 unspecified atom stereocenters. The summed E-state index contributed by atoms with van der Waals surface area (Å²) in [5, 5.41) is 0. The van der Waals surface area contributed by atoms with Gasteiger partial charge in [0, 0.05) is 7.05 Å². The molecule has 3 aromatic rings. The molecule has 9 heteroatoms. The summed E-state index contributed by atoms with van der Waals surface area (Å²) < 4.78 is 48.1. The van der Waals surface area contributed by atoms with Gasteiger partial charge in [0.15, 0.2) is 0 Å². The zero-order chi connectivity index (χ0) is 23.8. The summed E-state index contributed by atoms with van der Waals surface area (Å²) >= 11 is 0. The van der Waals surface area contributed by atoms with E-state index in [1.165, 1.54) is 38.4 Å². The highest BCUT2D eigenvalue weighted by molar-refractivity contribution is 7.92. The lowest BCUT2D eigenvalue weighted by Crippen LogP contribution is -2.26. The number of ether oxygens (including phenoxy) is 4. The number of methoxy groups -OCH3 is 2. The monoisotopic (exact) mass is 471 g/mol. The lowest BCUT2D eigenvalue weighted by Gasteiger charge is -2.20. The van der Waals surface area contributed by atoms with E-state index < -0.39 is 16.0 Å². The van der Waals surface area contributed by atoms with Gasteiger partial charge in [-0.25, -0.2) is 13.2 Å². The molecule has 0 atom stereocenters. The summed E-state index contributed by atoms with van der Waals surface area (Å²) in [6.07, 6.45) is 0. The molecule has 0 amide bonds. The Morgan fingerprint density at radius 2 is 1.39 bits per heavy atom. The number of carbonyl (C=O) groups excluding carboxylic acids is 1. The average Bonchev–Trinajstić information content (AvgIpc) is 2.86. The van der Waals surface area contributed by atoms with Gasteiger partial charge in [0.05, 0.1) is 30.4 Å². The maximum absolute atomic E-state index is 13.0. The van der Waals surface area contributed by atoms with E-state index in [4.69, 9.17) is 18.9 Å². The maximum atomic E-state index is 13.0. The predicted octanol–water partition coefficient (Wildman–Crippen LogP) is 3.76. The van der Waals surface area contributed by atoms with Crippen LogP contribution < -0.4 is 18.5 Å². The average molecular weight is 472 g/mol. The quantitative estimate of drug-likeness (QED) is 0.328. The molecule has 0 aliphatic heterocycles. The topological polar surface area (TPSA) is 91.4 Å². The molecule has 0 aromatic heterocycles. The van der Waals surface area contributed by atoms with Crippen LogP contribution in [0, 0.1) is 0 Å². The number of anilines is 1. The van der Waals surface area contributed by atoms with Crippen molar-refractivity contribution < 1.29 is 32.2 Å². The molecule has 8 nitrogen and oxygen atoms in total. The van der Waals surface area contributed by atoms with E-state index in [9.17, 15) is 13.2 Å². The van der Waals surface area contributed by atoms with Crippen LogP contribution in [0.2, 0.25) is 0 Å². The first-order valence-corrected chi connectivity index (χ1v) is 11.5. The van der Waals surface area contributed by atoms with Crippen LogP contribution in [0.4, 0.5) is 5.69 Å². The van der Waals surface area contributed by atoms with E-state index in [-0.39, 0.29) is 23.7 Å². The Labute approximate surface area is 193 Å². The third kappa shape index (κ3) is 5.95. The first kappa shape index (κ1) is 23.9. The van der Waals surface area contributed by atoms with Crippen LogP contribution >= 0.6 is 0 Å². The van der Waals surface area contributed by atoms with Gasteiger partial charge in [0.25, 0.3) is 10.0 Å². The second-order valence-electron chi connectivity index (χ2n) is 6.86. The highest BCUT2D eigenvalue weighted by Crippen LogP contribution is 2.25. The molecular formula is C24H25NO7S. The smallest absolute Gasteiger partial charge is 0.338 e. The zero-order valence-corrected chi connectivity index (χ0v) is 19.4. The number of rotatable bonds is 10. The molecule has 0 spiro atoms. The van der Waals surface area contributed by atoms with Crippen LogP contribution in [0.3, 0.4) is 0 Å². The molecule has 3 rings (SSSR count). The molecule has 0 fully saturated rings. The molecule has 0 saturated carbocycles. The number of hydrogen-bond donors (Lipinski definition) is 0. The van der Waals surface area contributed by atoms with Gasteiger partial charge in [-0.2, -0.15) is 0 Å². The summed E-state index contributed by atoms with van der Waals surface area (Å²) in [4.78, 5) is 12.4. The van der Waals surface area contributed by atoms with Gasteiger partial charge in [-0.1, -0.05) is 6.07 Å². The van der Waals surface area contributed by atoms with Crippen molar-refractivity contribution in [2.45, 2.75) is 4.90 Å². The van der Waals surface area contributed by atoms with Gasteiger partial charge in [0.2, 0.25) is 0 Å². The third-order valence-corrected chi connectivity index (χ3v) is 6.59. The zero-order valence-electron chi connectivity index (χ0n) is 18.6. The highest BCUT2D eigenvalue weighted by atomic mass is 32.2. The van der Waals surface area contributed by atoms with Crippen molar-refractivity contribution in [3.8, 4) is 17.2 Å². The summed E-state index contributed by atoms with van der Waals surface area (Å²) in [5.41, 5.74) is 0.586. The normalized spacial score (nSPS) is 10.9. The van der Waals surface area contributed by atoms with Gasteiger partial charge in [0.1, 0.15) is 30.5 Å². The molecule has 0 radical (unpaired) electrons. The number of nitrogens with zero attached hydrogens (tertiary/aromatic N) is 1. The molecule has 0 aliphatic carbocycles. The second-order valence-corrected chi connectivity index (χ2v) is 8.83. The molecule has 0 aliphatic rings. The van der Waals surface area contributed by atoms with Crippen LogP contribution in [0.1, 0.15) is 10.4 Å². The van der Waals surface area contributed by atoms with Gasteiger partial charge in [-0.3, -0.25) is 4.31 Å². The summed E-state index contributed by atoms with van der Waals surface area (Å²) in [7, 11) is 0.667. The summed E-state index contributed by atoms with van der Waals surface area (Å²) in [5.74, 6) is 1.30. The van der Waals surface area contributed by atoms with Crippen LogP contribution in [0.15, 0.2) is 77.7 Å². The van der Waals surface area contributed by atoms with Crippen LogP contribution in [-0.2, 0) is 14.8 Å². The first-order valence-electron chi connectivity index (χ1n) is 10.0. The molecule has 0 N–H and O–H groups in total. The first-order chi connectivity index (χ1) is 15.8. The third-order valence-electron chi connectivity index (χ3n) is 4.81. The fourth-order valence-electron chi connectivity index (χ4n) is 2.92. The van der Waals surface area contributed by atoms with E-state index in [0.29, 0.717) is 22.9 Å². The molecule has 174 valence electrons. The Bertz CT molecular complexity index is 1180. The van der Waals surface area contributed by atoms with Gasteiger partial charge in [-0.05, 0) is 66.7 Å². The van der Waals surface area contributed by atoms with E-state index in [2.05, 4.69) is 0 Å².